The summed E-state index contributed by atoms with van der Waals surface area (Å²) in [5.41, 5.74) is 5.35. The van der Waals surface area contributed by atoms with E-state index in [9.17, 15) is 0 Å². The van der Waals surface area contributed by atoms with E-state index in [-0.39, 0.29) is 5.78 Å². The van der Waals surface area contributed by atoms with Crippen LogP contribution in [0.2, 0.25) is 0 Å². The molecule has 2 atom stereocenters. The molecule has 2 unspecified atom stereocenters. The van der Waals surface area contributed by atoms with Gasteiger partial charge in [-0.1, -0.05) is 139 Å². The smallest absolute Gasteiger partial charge is 0.189 e. The van der Waals surface area contributed by atoms with Crippen LogP contribution >= 0.6 is 11.8 Å². The average molecular weight is 523 g/mol. The Morgan fingerprint density at radius 1 is 0.615 bits per heavy atom. The van der Waals surface area contributed by atoms with Crippen molar-refractivity contribution >= 4 is 28.7 Å². The first-order chi connectivity index (χ1) is 19.1. The van der Waals surface area contributed by atoms with Crippen LogP contribution < -0.4 is 4.74 Å². The van der Waals surface area contributed by atoms with Crippen molar-refractivity contribution in [3.05, 3.63) is 167 Å². The SMILES string of the molecule is Cc1ccc2c(c1)SC1(c3ccccc3)C(=O)C(c3ccccc3)=C(c3ccccc3)C1(c1ccccc1)O2. The molecule has 0 N–H and O–H groups in total. The third-order valence-electron chi connectivity index (χ3n) is 7.76. The summed E-state index contributed by atoms with van der Waals surface area (Å²) in [6, 6.07) is 47.0. The molecule has 0 amide bonds. The van der Waals surface area contributed by atoms with E-state index in [1.165, 1.54) is 0 Å². The highest BCUT2D eigenvalue weighted by molar-refractivity contribution is 8.01. The van der Waals surface area contributed by atoms with Gasteiger partial charge in [0.15, 0.2) is 16.1 Å². The van der Waals surface area contributed by atoms with Gasteiger partial charge in [-0.2, -0.15) is 0 Å². The lowest BCUT2D eigenvalue weighted by Gasteiger charge is -2.50. The highest BCUT2D eigenvalue weighted by atomic mass is 32.2. The minimum atomic E-state index is -1.12. The molecule has 0 aromatic heterocycles. The molecule has 0 saturated carbocycles. The number of thioether (sulfide) groups is 1. The molecule has 0 bridgehead atoms. The van der Waals surface area contributed by atoms with Gasteiger partial charge in [-0.05, 0) is 41.3 Å². The zero-order valence-corrected chi connectivity index (χ0v) is 22.3. The highest BCUT2D eigenvalue weighted by Crippen LogP contribution is 2.70. The topological polar surface area (TPSA) is 26.3 Å². The molecule has 39 heavy (non-hydrogen) atoms. The number of carbonyl (C=O) groups excluding carboxylic acids is 1. The van der Waals surface area contributed by atoms with Crippen molar-refractivity contribution < 1.29 is 9.53 Å². The maximum absolute atomic E-state index is 15.4. The first kappa shape index (κ1) is 23.8. The lowest BCUT2D eigenvalue weighted by molar-refractivity contribution is -0.119. The molecule has 3 heteroatoms. The molecule has 5 aromatic rings. The number of hydrogen-bond donors (Lipinski definition) is 0. The minimum absolute atomic E-state index is 0.0553. The van der Waals surface area contributed by atoms with E-state index < -0.39 is 10.3 Å². The number of ether oxygens (including phenoxy) is 1. The Bertz CT molecular complexity index is 1710. The van der Waals surface area contributed by atoms with Gasteiger partial charge in [0, 0.05) is 16.7 Å². The Hall–Kier alpha value is -4.34. The summed E-state index contributed by atoms with van der Waals surface area (Å²) in [6.45, 7) is 2.08. The van der Waals surface area contributed by atoms with E-state index in [0.717, 1.165) is 44.0 Å². The molecular formula is C36H26O2S. The number of fused-ring (bicyclic) bond motifs is 2. The predicted octanol–water partition coefficient (Wildman–Crippen LogP) is 8.46. The maximum Gasteiger partial charge on any atom is 0.189 e. The summed E-state index contributed by atoms with van der Waals surface area (Å²) in [7, 11) is 0. The van der Waals surface area contributed by atoms with Crippen molar-refractivity contribution in [3.8, 4) is 5.75 Å². The van der Waals surface area contributed by atoms with E-state index in [4.69, 9.17) is 4.74 Å². The fraction of sp³-hybridized carbons (Fsp3) is 0.0833. The second-order valence-electron chi connectivity index (χ2n) is 10.1. The van der Waals surface area contributed by atoms with Crippen LogP contribution in [-0.4, -0.2) is 5.78 Å². The van der Waals surface area contributed by atoms with Crippen molar-refractivity contribution in [2.24, 2.45) is 0 Å². The monoisotopic (exact) mass is 522 g/mol. The Balaban J connectivity index is 1.68. The molecule has 2 aliphatic rings. The number of allylic oxidation sites excluding steroid dienone is 1. The molecule has 188 valence electrons. The van der Waals surface area contributed by atoms with Gasteiger partial charge < -0.3 is 4.74 Å². The molecule has 1 aliphatic heterocycles. The third-order valence-corrected chi connectivity index (χ3v) is 9.31. The maximum atomic E-state index is 15.4. The van der Waals surface area contributed by atoms with Crippen molar-refractivity contribution in [2.75, 3.05) is 0 Å². The first-order valence-electron chi connectivity index (χ1n) is 13.2. The molecule has 0 radical (unpaired) electrons. The number of rotatable bonds is 4. The van der Waals surface area contributed by atoms with Crippen LogP contribution in [0.5, 0.6) is 5.75 Å². The number of carbonyl (C=O) groups is 1. The van der Waals surface area contributed by atoms with Crippen LogP contribution in [0.15, 0.2) is 144 Å². The zero-order valence-electron chi connectivity index (χ0n) is 21.5. The first-order valence-corrected chi connectivity index (χ1v) is 14.0. The molecule has 1 heterocycles. The normalized spacial score (nSPS) is 21.7. The third kappa shape index (κ3) is 3.40. The molecule has 0 saturated heterocycles. The van der Waals surface area contributed by atoms with Gasteiger partial charge in [0.2, 0.25) is 0 Å². The summed E-state index contributed by atoms with van der Waals surface area (Å²) in [5.74, 6) is 0.844. The number of aryl methyl sites for hydroxylation is 1. The molecule has 0 spiro atoms. The zero-order chi connectivity index (χ0) is 26.5. The van der Waals surface area contributed by atoms with Gasteiger partial charge in [0.05, 0.1) is 4.90 Å². The number of ketones is 1. The number of benzene rings is 5. The fourth-order valence-corrected chi connectivity index (χ4v) is 7.77. The van der Waals surface area contributed by atoms with Crippen LogP contribution in [0.25, 0.3) is 11.1 Å². The standard InChI is InChI=1S/C36H26O2S/c1-25-22-23-30-31(24-25)39-36(29-20-12-5-13-21-29)34(37)32(26-14-6-2-7-15-26)33(27-16-8-3-9-17-27)35(36,38-30)28-18-10-4-11-19-28/h2-24H,1H3. The van der Waals surface area contributed by atoms with Crippen molar-refractivity contribution in [1.82, 2.24) is 0 Å². The summed E-state index contributed by atoms with van der Waals surface area (Å²) >= 11 is 1.62. The molecule has 7 rings (SSSR count). The Kier molecular flexibility index (Phi) is 5.57. The number of hydrogen-bond acceptors (Lipinski definition) is 3. The van der Waals surface area contributed by atoms with E-state index in [1.54, 1.807) is 11.8 Å². The number of Topliss-reactive ketones (excluding diaryl/α,β-unsaturated/α-hetero) is 1. The van der Waals surface area contributed by atoms with Gasteiger partial charge in [0.25, 0.3) is 0 Å². The van der Waals surface area contributed by atoms with Gasteiger partial charge >= 0.3 is 0 Å². The Labute approximate surface area is 233 Å². The van der Waals surface area contributed by atoms with Crippen molar-refractivity contribution in [2.45, 2.75) is 22.2 Å². The molecule has 0 fully saturated rings. The van der Waals surface area contributed by atoms with E-state index >= 15 is 4.79 Å². The van der Waals surface area contributed by atoms with Crippen LogP contribution in [0.3, 0.4) is 0 Å². The van der Waals surface area contributed by atoms with Gasteiger partial charge in [-0.15, -0.1) is 0 Å². The Morgan fingerprint density at radius 3 is 1.77 bits per heavy atom. The molecule has 5 aromatic carbocycles. The van der Waals surface area contributed by atoms with Crippen molar-refractivity contribution in [3.63, 3.8) is 0 Å². The lowest BCUT2D eigenvalue weighted by Crippen LogP contribution is -2.54. The van der Waals surface area contributed by atoms with E-state index in [2.05, 4.69) is 55.5 Å². The largest absolute Gasteiger partial charge is 0.474 e. The van der Waals surface area contributed by atoms with Gasteiger partial charge in [-0.3, -0.25) is 4.79 Å². The predicted molar refractivity (Wildman–Crippen MR) is 159 cm³/mol. The highest BCUT2D eigenvalue weighted by Gasteiger charge is 2.71. The summed E-state index contributed by atoms with van der Waals surface area (Å²) in [6.07, 6.45) is 0. The van der Waals surface area contributed by atoms with Gasteiger partial charge in [-0.25, -0.2) is 0 Å². The average Bonchev–Trinajstić information content (AvgIpc) is 3.23. The lowest BCUT2D eigenvalue weighted by atomic mass is 9.73. The quantitative estimate of drug-likeness (QED) is 0.237. The van der Waals surface area contributed by atoms with Crippen LogP contribution in [0.1, 0.15) is 27.8 Å². The van der Waals surface area contributed by atoms with E-state index in [0.29, 0.717) is 5.57 Å². The van der Waals surface area contributed by atoms with Crippen molar-refractivity contribution in [1.29, 1.82) is 0 Å². The van der Waals surface area contributed by atoms with Gasteiger partial charge in [0.1, 0.15) is 5.75 Å². The Morgan fingerprint density at radius 2 is 1.15 bits per heavy atom. The molecule has 1 aliphatic carbocycles. The second-order valence-corrected chi connectivity index (χ2v) is 11.3. The van der Waals surface area contributed by atoms with E-state index in [1.807, 2.05) is 91.0 Å². The summed E-state index contributed by atoms with van der Waals surface area (Å²) < 4.78 is 6.24. The molecular weight excluding hydrogens is 496 g/mol. The summed E-state index contributed by atoms with van der Waals surface area (Å²) in [4.78, 5) is 16.3. The van der Waals surface area contributed by atoms with Crippen LogP contribution in [0.4, 0.5) is 0 Å². The fourth-order valence-electron chi connectivity index (χ4n) is 6.13. The second kappa shape index (κ2) is 9.14. The van der Waals surface area contributed by atoms with Crippen LogP contribution in [0, 0.1) is 6.92 Å². The summed E-state index contributed by atoms with van der Waals surface area (Å²) in [5, 5.41) is 0. The molecule has 2 nitrogen and oxygen atoms in total. The minimum Gasteiger partial charge on any atom is -0.474 e. The van der Waals surface area contributed by atoms with Crippen LogP contribution in [-0.2, 0) is 15.1 Å².